The van der Waals surface area contributed by atoms with E-state index in [-0.39, 0.29) is 19.5 Å². The predicted octanol–water partition coefficient (Wildman–Crippen LogP) is 3.66. The van der Waals surface area contributed by atoms with Gasteiger partial charge in [0, 0.05) is 19.5 Å². The number of nitrogens with two attached hydrogens (primary N) is 1. The number of benzene rings is 3. The first-order valence-corrected chi connectivity index (χ1v) is 10.2. The van der Waals surface area contributed by atoms with Crippen LogP contribution in [0.25, 0.3) is 0 Å². The molecule has 0 bridgehead atoms. The van der Waals surface area contributed by atoms with Gasteiger partial charge in [-0.25, -0.2) is 13.1 Å². The van der Waals surface area contributed by atoms with Crippen molar-refractivity contribution in [1.29, 1.82) is 0 Å². The van der Waals surface area contributed by atoms with Gasteiger partial charge in [-0.3, -0.25) is 0 Å². The van der Waals surface area contributed by atoms with E-state index in [1.54, 1.807) is 0 Å². The molecule has 3 aromatic carbocycles. The van der Waals surface area contributed by atoms with Crippen molar-refractivity contribution in [2.75, 3.05) is 6.26 Å². The van der Waals surface area contributed by atoms with E-state index in [4.69, 9.17) is 5.73 Å². The molecule has 0 fully saturated rings. The van der Waals surface area contributed by atoms with Gasteiger partial charge in [0.25, 0.3) is 0 Å². The molecule has 0 aliphatic rings. The summed E-state index contributed by atoms with van der Waals surface area (Å²) in [6.45, 7) is 0. The zero-order chi connectivity index (χ0) is 18.8. The summed E-state index contributed by atoms with van der Waals surface area (Å²) in [7, 11) is -3.35. The molecule has 0 amide bonds. The number of hydrogen-bond donors (Lipinski definition) is 2. The summed E-state index contributed by atoms with van der Waals surface area (Å²) in [5.41, 5.74) is 7.98. The van der Waals surface area contributed by atoms with Gasteiger partial charge in [0.15, 0.2) is 0 Å². The second-order valence-corrected chi connectivity index (χ2v) is 7.65. The minimum absolute atomic E-state index is 0. The van der Waals surface area contributed by atoms with Crippen LogP contribution in [0.2, 0.25) is 0 Å². The molecule has 144 valence electrons. The molecule has 0 saturated carbocycles. The quantitative estimate of drug-likeness (QED) is 0.560. The van der Waals surface area contributed by atoms with Crippen molar-refractivity contribution in [3.63, 3.8) is 0 Å². The fourth-order valence-corrected chi connectivity index (χ4v) is 3.24. The average Bonchev–Trinajstić information content (AvgIpc) is 2.68. The standard InChI is InChI=1S/C15H18N2O2S.C6H6.Ru/c1-20(18,19)17-15(13-10-6-3-7-11-13)14(16)12-8-4-2-5-9-12;1-2-4-6-5-3-1;/h2-11,14-15,17H,16H2,1H3;1-6H;/t14-,15-;;/m1../s1. The molecule has 3 N–H and O–H groups in total. The van der Waals surface area contributed by atoms with Crippen molar-refractivity contribution in [3.05, 3.63) is 108 Å². The third-order valence-electron chi connectivity index (χ3n) is 3.71. The molecule has 0 radical (unpaired) electrons. The largest absolute Gasteiger partial charge is 0.322 e. The molecular weight excluding hydrogens is 445 g/mol. The molecular formula is C21H24N2O2RuS. The van der Waals surface area contributed by atoms with Crippen molar-refractivity contribution in [3.8, 4) is 0 Å². The van der Waals surface area contributed by atoms with E-state index in [0.29, 0.717) is 0 Å². The van der Waals surface area contributed by atoms with E-state index in [0.717, 1.165) is 17.4 Å². The smallest absolute Gasteiger partial charge is 0.209 e. The van der Waals surface area contributed by atoms with Gasteiger partial charge in [-0.05, 0) is 11.1 Å². The topological polar surface area (TPSA) is 72.2 Å². The first kappa shape index (κ1) is 23.2. The molecule has 6 heteroatoms. The Kier molecular flexibility index (Phi) is 10.1. The van der Waals surface area contributed by atoms with Gasteiger partial charge in [0.05, 0.1) is 18.3 Å². The van der Waals surface area contributed by atoms with Crippen LogP contribution in [0.15, 0.2) is 97.1 Å². The van der Waals surface area contributed by atoms with Crippen molar-refractivity contribution in [2.45, 2.75) is 12.1 Å². The summed E-state index contributed by atoms with van der Waals surface area (Å²) < 4.78 is 25.8. The van der Waals surface area contributed by atoms with Gasteiger partial charge in [0.2, 0.25) is 10.0 Å². The summed E-state index contributed by atoms with van der Waals surface area (Å²) in [5.74, 6) is 0. The van der Waals surface area contributed by atoms with Crippen LogP contribution >= 0.6 is 0 Å². The fourth-order valence-electron chi connectivity index (χ4n) is 2.49. The molecule has 3 aromatic rings. The maximum absolute atomic E-state index is 11.6. The van der Waals surface area contributed by atoms with E-state index < -0.39 is 22.1 Å². The predicted molar refractivity (Wildman–Crippen MR) is 107 cm³/mol. The van der Waals surface area contributed by atoms with Crippen molar-refractivity contribution in [2.24, 2.45) is 5.73 Å². The molecule has 2 atom stereocenters. The monoisotopic (exact) mass is 470 g/mol. The third-order valence-corrected chi connectivity index (χ3v) is 4.39. The summed E-state index contributed by atoms with van der Waals surface area (Å²) in [4.78, 5) is 0. The van der Waals surface area contributed by atoms with Gasteiger partial charge < -0.3 is 5.73 Å². The van der Waals surface area contributed by atoms with Gasteiger partial charge in [-0.1, -0.05) is 97.1 Å². The van der Waals surface area contributed by atoms with Crippen molar-refractivity contribution >= 4 is 10.0 Å². The van der Waals surface area contributed by atoms with Crippen LogP contribution in [0.5, 0.6) is 0 Å². The van der Waals surface area contributed by atoms with Crippen LogP contribution < -0.4 is 10.5 Å². The second-order valence-electron chi connectivity index (χ2n) is 5.87. The molecule has 0 spiro atoms. The van der Waals surface area contributed by atoms with Crippen LogP contribution in [-0.2, 0) is 29.5 Å². The first-order valence-electron chi connectivity index (χ1n) is 8.30. The van der Waals surface area contributed by atoms with E-state index in [9.17, 15) is 8.42 Å². The van der Waals surface area contributed by atoms with Crippen LogP contribution in [0.1, 0.15) is 23.2 Å². The Bertz CT molecular complexity index is 834. The fraction of sp³-hybridized carbons (Fsp3) is 0.143. The van der Waals surface area contributed by atoms with Crippen molar-refractivity contribution in [1.82, 2.24) is 4.72 Å². The SMILES string of the molecule is CS(=O)(=O)N[C@H](c1ccccc1)[C@H](N)c1ccccc1.[Ru].c1ccccc1. The molecule has 0 aromatic heterocycles. The molecule has 0 aliphatic carbocycles. The summed E-state index contributed by atoms with van der Waals surface area (Å²) in [6, 6.07) is 29.9. The Morgan fingerprint density at radius 2 is 1.04 bits per heavy atom. The zero-order valence-electron chi connectivity index (χ0n) is 15.0. The number of sulfonamides is 1. The Balaban J connectivity index is 0.000000444. The van der Waals surface area contributed by atoms with Gasteiger partial charge >= 0.3 is 0 Å². The number of nitrogens with one attached hydrogen (secondary N) is 1. The van der Waals surface area contributed by atoms with Crippen LogP contribution in [-0.4, -0.2) is 14.7 Å². The Hall–Kier alpha value is -1.85. The van der Waals surface area contributed by atoms with Gasteiger partial charge in [-0.15, -0.1) is 0 Å². The third kappa shape index (κ3) is 8.59. The van der Waals surface area contributed by atoms with Gasteiger partial charge in [0.1, 0.15) is 0 Å². The average molecular weight is 470 g/mol. The van der Waals surface area contributed by atoms with E-state index in [1.807, 2.05) is 97.1 Å². The van der Waals surface area contributed by atoms with Crippen LogP contribution in [0.3, 0.4) is 0 Å². The Morgan fingerprint density at radius 1 is 0.704 bits per heavy atom. The van der Waals surface area contributed by atoms with E-state index in [1.165, 1.54) is 0 Å². The molecule has 0 heterocycles. The number of hydrogen-bond acceptors (Lipinski definition) is 3. The summed E-state index contributed by atoms with van der Waals surface area (Å²) in [5, 5.41) is 0. The van der Waals surface area contributed by atoms with Crippen molar-refractivity contribution < 1.29 is 27.9 Å². The molecule has 27 heavy (non-hydrogen) atoms. The Morgan fingerprint density at radius 3 is 1.41 bits per heavy atom. The normalized spacial score (nSPS) is 12.7. The molecule has 0 aliphatic heterocycles. The summed E-state index contributed by atoms with van der Waals surface area (Å²) in [6.07, 6.45) is 1.14. The maximum Gasteiger partial charge on any atom is 0.209 e. The van der Waals surface area contributed by atoms with Gasteiger partial charge in [-0.2, -0.15) is 0 Å². The van der Waals surface area contributed by atoms with E-state index >= 15 is 0 Å². The Labute approximate surface area is 174 Å². The first-order chi connectivity index (χ1) is 12.5. The minimum Gasteiger partial charge on any atom is -0.322 e. The molecule has 0 saturated heterocycles. The molecule has 3 rings (SSSR count). The molecule has 4 nitrogen and oxygen atoms in total. The maximum atomic E-state index is 11.6. The number of rotatable bonds is 5. The second kappa shape index (κ2) is 11.8. The zero-order valence-corrected chi connectivity index (χ0v) is 17.6. The molecule has 0 unspecified atom stereocenters. The van der Waals surface area contributed by atoms with Crippen LogP contribution in [0.4, 0.5) is 0 Å². The van der Waals surface area contributed by atoms with E-state index in [2.05, 4.69) is 4.72 Å². The summed E-state index contributed by atoms with van der Waals surface area (Å²) >= 11 is 0. The minimum atomic E-state index is -3.35. The van der Waals surface area contributed by atoms with Crippen LogP contribution in [0, 0.1) is 0 Å².